The average molecular weight is 1710 g/mol. The molecule has 0 radical (unpaired) electrons. The van der Waals surface area contributed by atoms with E-state index in [9.17, 15) is 67.8 Å². The minimum Gasteiger partial charge on any atom is -0.508 e. The highest BCUT2D eigenvalue weighted by Crippen LogP contribution is 2.31. The van der Waals surface area contributed by atoms with Gasteiger partial charge in [0.25, 0.3) is 0 Å². The van der Waals surface area contributed by atoms with Crippen LogP contribution in [0.3, 0.4) is 0 Å². The van der Waals surface area contributed by atoms with Crippen molar-refractivity contribution in [1.29, 1.82) is 0 Å². The van der Waals surface area contributed by atoms with Gasteiger partial charge in [0.05, 0.1) is 57.6 Å². The van der Waals surface area contributed by atoms with Gasteiger partial charge in [-0.15, -0.1) is 10.2 Å². The molecule has 0 spiro atoms. The lowest BCUT2D eigenvalue weighted by molar-refractivity contribution is 0.0686. The standard InChI is InChI=1S/C22H21N5O3S.2C22H21NO6S.C21H18FNO5S/c1-30-20-11-7-18(8-12-20)16-27(15-17-5-3-2-4-6-17)31(28,29)21-13-9-19(10-14-21)22-23-25-26-24-22;1-29-20-10-4-17(5-11-20)15-23(14-16-2-6-18(7-3-16)22(25)26)30(27,28)21-12-8-19(24)9-13-21;1-29-20-4-2-3-17(13-20)15-23(14-16-5-7-18(8-6-16)22(25)26)30(27,28)21-11-9-19(24)10-12-21;22-18-3-1-2-16(12-18)14-23(13-15-4-6-17(7-5-15)21(25)26)29(27,28)20-10-8-19(24)9-11-20/h2-14H,15-16H2,1H3,(H,23,24,25,26);2*2-13,24H,14-15H2,1H3,(H,25,26);1-12,24H,13-14H2,(H,25,26). The molecule has 120 heavy (non-hydrogen) atoms. The number of rotatable bonds is 31. The van der Waals surface area contributed by atoms with E-state index < -0.39 is 63.8 Å². The van der Waals surface area contributed by atoms with E-state index in [1.54, 1.807) is 117 Å². The number of aromatic hydroxyl groups is 3. The number of aromatic carboxylic acids is 3. The van der Waals surface area contributed by atoms with Crippen LogP contribution in [0, 0.1) is 5.82 Å². The third-order valence-electron chi connectivity index (χ3n) is 18.2. The molecule has 7 N–H and O–H groups in total. The Bertz CT molecular complexity index is 6060. The summed E-state index contributed by atoms with van der Waals surface area (Å²) in [4.78, 5) is 33.4. The summed E-state index contributed by atoms with van der Waals surface area (Å²) in [6.45, 7) is 0.640. The highest BCUT2D eigenvalue weighted by Gasteiger charge is 2.30. The number of tetrazole rings is 1. The van der Waals surface area contributed by atoms with Crippen LogP contribution in [0.25, 0.3) is 11.4 Å². The van der Waals surface area contributed by atoms with E-state index in [4.69, 9.17) is 29.5 Å². The predicted molar refractivity (Wildman–Crippen MR) is 442 cm³/mol. The van der Waals surface area contributed by atoms with E-state index in [1.165, 1.54) is 164 Å². The smallest absolute Gasteiger partial charge is 0.335 e. The number of sulfonamides is 4. The molecule has 0 saturated carbocycles. The number of phenols is 3. The first kappa shape index (κ1) is 88.8. The summed E-state index contributed by atoms with van der Waals surface area (Å²) in [5, 5.41) is 69.3. The molecule has 33 heteroatoms. The lowest BCUT2D eigenvalue weighted by Gasteiger charge is -2.23. The van der Waals surface area contributed by atoms with E-state index in [0.29, 0.717) is 45.1 Å². The Morgan fingerprint density at radius 1 is 0.325 bits per heavy atom. The number of methoxy groups -OCH3 is 3. The van der Waals surface area contributed by atoms with Crippen molar-refractivity contribution in [2.75, 3.05) is 21.3 Å². The van der Waals surface area contributed by atoms with E-state index in [0.717, 1.165) is 28.0 Å². The number of hydrogen-bond donors (Lipinski definition) is 7. The number of H-pyrrole nitrogens is 1. The summed E-state index contributed by atoms with van der Waals surface area (Å²) < 4.78 is 141. The second kappa shape index (κ2) is 41.1. The van der Waals surface area contributed by atoms with Crippen molar-refractivity contribution in [3.63, 3.8) is 0 Å². The Morgan fingerprint density at radius 3 is 0.892 bits per heavy atom. The summed E-state index contributed by atoms with van der Waals surface area (Å²) in [7, 11) is -10.8. The van der Waals surface area contributed by atoms with Gasteiger partial charge in [0, 0.05) is 57.9 Å². The van der Waals surface area contributed by atoms with Gasteiger partial charge in [-0.2, -0.15) is 22.4 Å². The number of carbonyl (C=O) groups is 3. The number of hydrogen-bond acceptors (Lipinski definition) is 20. The molecule has 0 amide bonds. The minimum absolute atomic E-state index is 0.0196. The summed E-state index contributed by atoms with van der Waals surface area (Å²) >= 11 is 0. The van der Waals surface area contributed by atoms with Gasteiger partial charge in [0.2, 0.25) is 45.9 Å². The van der Waals surface area contributed by atoms with Crippen molar-refractivity contribution in [2.45, 2.75) is 71.9 Å². The molecule has 1 heterocycles. The van der Waals surface area contributed by atoms with Gasteiger partial charge in [-0.1, -0.05) is 115 Å². The van der Waals surface area contributed by atoms with Crippen LogP contribution in [0.2, 0.25) is 0 Å². The number of aromatic nitrogens is 4. The molecule has 0 aliphatic carbocycles. The number of nitrogens with one attached hydrogen (secondary N) is 1. The topological polar surface area (TPSA) is 404 Å². The third-order valence-corrected chi connectivity index (χ3v) is 25.4. The fourth-order valence-electron chi connectivity index (χ4n) is 11.8. The SMILES string of the molecule is COc1ccc(CN(Cc2ccc(C(=O)O)cc2)S(=O)(=O)c2ccc(O)cc2)cc1.COc1ccc(CN(Cc2ccccc2)S(=O)(=O)c2ccc(-c3nn[nH]n3)cc2)cc1.COc1cccc(CN(Cc2ccc(C(=O)O)cc2)S(=O)(=O)c2ccc(O)cc2)c1.O=C(O)c1ccc(CN(Cc2cccc(F)c2)S(=O)(=O)c2ccc(O)cc2)cc1. The van der Waals surface area contributed by atoms with E-state index in [-0.39, 0.29) is 106 Å². The maximum atomic E-state index is 13.6. The molecule has 0 fully saturated rings. The van der Waals surface area contributed by atoms with Crippen molar-refractivity contribution in [3.05, 3.63) is 364 Å². The molecule has 0 unspecified atom stereocenters. The number of carboxylic acid groups (broad SMARTS) is 3. The minimum atomic E-state index is -3.97. The van der Waals surface area contributed by atoms with E-state index in [2.05, 4.69) is 20.6 Å². The fraction of sp³-hybridized carbons (Fsp3) is 0.126. The lowest BCUT2D eigenvalue weighted by Crippen LogP contribution is -2.30. The zero-order valence-corrected chi connectivity index (χ0v) is 67.8. The van der Waals surface area contributed by atoms with Gasteiger partial charge < -0.3 is 44.8 Å². The van der Waals surface area contributed by atoms with Crippen molar-refractivity contribution in [3.8, 4) is 45.9 Å². The van der Waals surface area contributed by atoms with Crippen LogP contribution in [0.15, 0.2) is 317 Å². The fourth-order valence-corrected chi connectivity index (χ4v) is 17.4. The maximum absolute atomic E-state index is 13.6. The molecule has 620 valence electrons. The third kappa shape index (κ3) is 24.6. The lowest BCUT2D eigenvalue weighted by atomic mass is 10.1. The zero-order chi connectivity index (χ0) is 86.2. The summed E-state index contributed by atoms with van der Waals surface area (Å²) in [6, 6.07) is 77.0. The van der Waals surface area contributed by atoms with Crippen molar-refractivity contribution in [2.24, 2.45) is 0 Å². The first-order valence-electron chi connectivity index (χ1n) is 36.3. The number of nitrogens with zero attached hydrogens (tertiary/aromatic N) is 7. The van der Waals surface area contributed by atoms with Crippen molar-refractivity contribution >= 4 is 58.0 Å². The van der Waals surface area contributed by atoms with Crippen LogP contribution in [0.5, 0.6) is 34.5 Å². The van der Waals surface area contributed by atoms with E-state index >= 15 is 0 Å². The number of benzene rings is 12. The van der Waals surface area contributed by atoms with Crippen LogP contribution < -0.4 is 14.2 Å². The van der Waals surface area contributed by atoms with E-state index in [1.807, 2.05) is 54.6 Å². The molecule has 13 aromatic rings. The van der Waals surface area contributed by atoms with Gasteiger partial charge in [0.1, 0.15) is 40.3 Å². The van der Waals surface area contributed by atoms with Gasteiger partial charge in [-0.05, 0) is 232 Å². The Balaban J connectivity index is 0.000000168. The summed E-state index contributed by atoms with van der Waals surface area (Å²) in [6.07, 6.45) is 0. The molecular formula is C87H81FN8O20S4. The Morgan fingerprint density at radius 2 is 0.600 bits per heavy atom. The number of ether oxygens (including phenoxy) is 3. The van der Waals surface area contributed by atoms with Gasteiger partial charge in [0.15, 0.2) is 0 Å². The van der Waals surface area contributed by atoms with Crippen LogP contribution in [0.1, 0.15) is 75.6 Å². The summed E-state index contributed by atoms with van der Waals surface area (Å²) in [5.41, 5.74) is 6.63. The van der Waals surface area contributed by atoms with Crippen LogP contribution in [-0.4, -0.2) is 141 Å². The number of carboxylic acids is 3. The highest BCUT2D eigenvalue weighted by molar-refractivity contribution is 7.90. The van der Waals surface area contributed by atoms with Gasteiger partial charge in [-0.25, -0.2) is 52.4 Å². The molecule has 13 rings (SSSR count). The second-order valence-electron chi connectivity index (χ2n) is 26.5. The zero-order valence-electron chi connectivity index (χ0n) is 64.5. The molecule has 12 aromatic carbocycles. The van der Waals surface area contributed by atoms with Gasteiger partial charge >= 0.3 is 17.9 Å². The first-order chi connectivity index (χ1) is 57.4. The largest absolute Gasteiger partial charge is 0.508 e. The second-order valence-corrected chi connectivity index (χ2v) is 34.3. The highest BCUT2D eigenvalue weighted by atomic mass is 32.2. The molecule has 28 nitrogen and oxygen atoms in total. The Kier molecular flexibility index (Phi) is 30.4. The average Bonchev–Trinajstić information content (AvgIpc) is 0.918. The van der Waals surface area contributed by atoms with Crippen LogP contribution >= 0.6 is 0 Å². The molecule has 0 bridgehead atoms. The summed E-state index contributed by atoms with van der Waals surface area (Å²) in [5.74, 6) is -1.37. The van der Waals surface area contributed by atoms with Crippen LogP contribution in [-0.2, 0) is 92.5 Å². The van der Waals surface area contributed by atoms with Crippen LogP contribution in [0.4, 0.5) is 4.39 Å². The molecule has 0 atom stereocenters. The quantitative estimate of drug-likeness (QED) is 0.0212. The molecule has 0 aliphatic heterocycles. The predicted octanol–water partition coefficient (Wildman–Crippen LogP) is 13.9. The van der Waals surface area contributed by atoms with Crippen molar-refractivity contribution in [1.82, 2.24) is 37.8 Å². The molecule has 0 saturated heterocycles. The molecule has 1 aromatic heterocycles. The molecule has 0 aliphatic rings. The number of phenolic OH excluding ortho intramolecular Hbond substituents is 3. The van der Waals surface area contributed by atoms with Crippen molar-refractivity contribution < 1.29 is 97.3 Å². The first-order valence-corrected chi connectivity index (χ1v) is 42.0. The van der Waals surface area contributed by atoms with Gasteiger partial charge in [-0.3, -0.25) is 0 Å². The monoisotopic (exact) mass is 1700 g/mol. The number of aromatic amines is 1. The molecular weight excluding hydrogens is 1620 g/mol. The Hall–Kier alpha value is -13.5. The number of halogens is 1. The maximum Gasteiger partial charge on any atom is 0.335 e. The normalized spacial score (nSPS) is 11.5. The Labute approximate surface area is 692 Å².